The first-order valence-electron chi connectivity index (χ1n) is 6.41. The van der Waals surface area contributed by atoms with E-state index < -0.39 is 23.3 Å². The molecule has 0 atom stereocenters. The summed E-state index contributed by atoms with van der Waals surface area (Å²) in [6, 6.07) is 4.72. The van der Waals surface area contributed by atoms with Crippen molar-refractivity contribution in [1.29, 1.82) is 0 Å². The Balaban J connectivity index is 1.93. The van der Waals surface area contributed by atoms with E-state index in [1.165, 1.54) is 19.2 Å². The van der Waals surface area contributed by atoms with E-state index in [2.05, 4.69) is 10.5 Å². The first-order valence-corrected chi connectivity index (χ1v) is 6.41. The fraction of sp³-hybridized carbons (Fsp3) is 0.286. The van der Waals surface area contributed by atoms with Gasteiger partial charge < -0.3 is 19.3 Å². The Labute approximate surface area is 125 Å². The molecule has 22 heavy (non-hydrogen) atoms. The fourth-order valence-electron chi connectivity index (χ4n) is 1.61. The molecule has 2 aromatic rings. The molecule has 1 aromatic carbocycles. The number of benzene rings is 1. The Morgan fingerprint density at radius 1 is 1.36 bits per heavy atom. The quantitative estimate of drug-likeness (QED) is 0.791. The Bertz CT molecular complexity index is 625. The van der Waals surface area contributed by atoms with Crippen molar-refractivity contribution in [3.8, 4) is 5.75 Å². The summed E-state index contributed by atoms with van der Waals surface area (Å²) in [6.07, 6.45) is 0. The first-order chi connectivity index (χ1) is 10.6. The van der Waals surface area contributed by atoms with E-state index in [-0.39, 0.29) is 18.1 Å². The summed E-state index contributed by atoms with van der Waals surface area (Å²) in [5.41, 5.74) is 0.0451. The van der Waals surface area contributed by atoms with E-state index in [1.807, 2.05) is 0 Å². The highest BCUT2D eigenvalue weighted by molar-refractivity contribution is 5.92. The van der Waals surface area contributed by atoms with Gasteiger partial charge in [-0.1, -0.05) is 11.2 Å². The Morgan fingerprint density at radius 3 is 2.77 bits per heavy atom. The molecule has 0 radical (unpaired) electrons. The number of methoxy groups -OCH3 is 1. The predicted molar refractivity (Wildman–Crippen MR) is 71.4 cm³/mol. The Hall–Kier alpha value is -2.48. The highest BCUT2D eigenvalue weighted by Gasteiger charge is 2.14. The Morgan fingerprint density at radius 2 is 2.09 bits per heavy atom. The van der Waals surface area contributed by atoms with Gasteiger partial charge in [0, 0.05) is 19.7 Å². The summed E-state index contributed by atoms with van der Waals surface area (Å²) in [5, 5.41) is 6.11. The van der Waals surface area contributed by atoms with Gasteiger partial charge in [0.25, 0.3) is 5.91 Å². The van der Waals surface area contributed by atoms with Crippen molar-refractivity contribution >= 4 is 5.91 Å². The smallest absolute Gasteiger partial charge is 0.273 e. The van der Waals surface area contributed by atoms with E-state index in [0.717, 1.165) is 12.1 Å². The molecule has 6 nitrogen and oxygen atoms in total. The normalized spacial score (nSPS) is 10.5. The van der Waals surface area contributed by atoms with E-state index in [4.69, 9.17) is 14.0 Å². The molecule has 0 aliphatic carbocycles. The molecule has 0 aliphatic heterocycles. The monoisotopic (exact) mass is 312 g/mol. The number of aromatic nitrogens is 1. The largest absolute Gasteiger partial charge is 0.479 e. The van der Waals surface area contributed by atoms with Crippen LogP contribution < -0.4 is 10.1 Å². The number of nitrogens with one attached hydrogen (secondary N) is 1. The average molecular weight is 312 g/mol. The number of carbonyl (C=O) groups is 1. The zero-order chi connectivity index (χ0) is 15.9. The van der Waals surface area contributed by atoms with Crippen LogP contribution >= 0.6 is 0 Å². The maximum atomic E-state index is 13.4. The van der Waals surface area contributed by atoms with Crippen molar-refractivity contribution in [2.45, 2.75) is 6.61 Å². The molecule has 1 N–H and O–H groups in total. The summed E-state index contributed by atoms with van der Waals surface area (Å²) >= 11 is 0. The lowest BCUT2D eigenvalue weighted by atomic mass is 10.3. The predicted octanol–water partition coefficient (Wildman–Crippen LogP) is 1.91. The minimum atomic E-state index is -0.822. The minimum Gasteiger partial charge on any atom is -0.479 e. The second-order valence-electron chi connectivity index (χ2n) is 4.27. The number of hydrogen-bond acceptors (Lipinski definition) is 5. The number of amides is 1. The second-order valence-corrected chi connectivity index (χ2v) is 4.27. The minimum absolute atomic E-state index is 0.0451. The van der Waals surface area contributed by atoms with Gasteiger partial charge in [-0.25, -0.2) is 8.78 Å². The lowest BCUT2D eigenvalue weighted by molar-refractivity contribution is 0.0927. The van der Waals surface area contributed by atoms with Crippen LogP contribution in [0.3, 0.4) is 0 Å². The standard InChI is InChI=1S/C14H14F2N2O4/c1-20-6-5-17-14(19)12-7-9(22-18-12)8-21-13-10(15)3-2-4-11(13)16/h2-4,7H,5-6,8H2,1H3,(H,17,19). The van der Waals surface area contributed by atoms with Gasteiger partial charge in [0.2, 0.25) is 0 Å². The third-order valence-electron chi connectivity index (χ3n) is 2.66. The third-order valence-corrected chi connectivity index (χ3v) is 2.66. The van der Waals surface area contributed by atoms with Gasteiger partial charge in [-0.3, -0.25) is 4.79 Å². The van der Waals surface area contributed by atoms with E-state index in [0.29, 0.717) is 13.2 Å². The number of carbonyl (C=O) groups excluding carboxylic acids is 1. The average Bonchev–Trinajstić information content (AvgIpc) is 2.96. The van der Waals surface area contributed by atoms with E-state index in [1.54, 1.807) is 0 Å². The third kappa shape index (κ3) is 4.01. The number of halogens is 2. The molecule has 1 amide bonds. The van der Waals surface area contributed by atoms with Gasteiger partial charge in [-0.05, 0) is 12.1 Å². The molecule has 1 aromatic heterocycles. The van der Waals surface area contributed by atoms with Gasteiger partial charge >= 0.3 is 0 Å². The maximum Gasteiger partial charge on any atom is 0.273 e. The lowest BCUT2D eigenvalue weighted by Crippen LogP contribution is -2.27. The summed E-state index contributed by atoms with van der Waals surface area (Å²) in [4.78, 5) is 11.7. The van der Waals surface area contributed by atoms with Crippen molar-refractivity contribution in [2.24, 2.45) is 0 Å². The molecule has 1 heterocycles. The van der Waals surface area contributed by atoms with Gasteiger partial charge in [0.1, 0.15) is 6.61 Å². The van der Waals surface area contributed by atoms with Crippen molar-refractivity contribution in [1.82, 2.24) is 10.5 Å². The molecule has 0 bridgehead atoms. The molecule has 0 spiro atoms. The van der Waals surface area contributed by atoms with Crippen LogP contribution in [0.2, 0.25) is 0 Å². The van der Waals surface area contributed by atoms with Crippen molar-refractivity contribution in [3.63, 3.8) is 0 Å². The summed E-state index contributed by atoms with van der Waals surface area (Å²) in [6.45, 7) is 0.441. The summed E-state index contributed by atoms with van der Waals surface area (Å²) in [7, 11) is 1.51. The van der Waals surface area contributed by atoms with Crippen LogP contribution in [0.4, 0.5) is 8.78 Å². The molecular formula is C14H14F2N2O4. The molecule has 8 heteroatoms. The van der Waals surface area contributed by atoms with Crippen molar-refractivity contribution in [3.05, 3.63) is 47.4 Å². The Kier molecular flexibility index (Phi) is 5.42. The van der Waals surface area contributed by atoms with E-state index in [9.17, 15) is 13.6 Å². The molecule has 0 aliphatic rings. The molecule has 0 saturated carbocycles. The first kappa shape index (κ1) is 15.9. The van der Waals surface area contributed by atoms with Crippen LogP contribution in [-0.2, 0) is 11.3 Å². The van der Waals surface area contributed by atoms with Crippen LogP contribution in [0.15, 0.2) is 28.8 Å². The van der Waals surface area contributed by atoms with Crippen LogP contribution in [-0.4, -0.2) is 31.3 Å². The van der Waals surface area contributed by atoms with Gasteiger partial charge in [-0.2, -0.15) is 0 Å². The molecule has 0 saturated heterocycles. The van der Waals surface area contributed by atoms with Crippen LogP contribution in [0, 0.1) is 11.6 Å². The zero-order valence-electron chi connectivity index (χ0n) is 11.8. The highest BCUT2D eigenvalue weighted by Crippen LogP contribution is 2.22. The molecule has 118 valence electrons. The van der Waals surface area contributed by atoms with Crippen molar-refractivity contribution < 1.29 is 27.6 Å². The van der Waals surface area contributed by atoms with E-state index >= 15 is 0 Å². The fourth-order valence-corrected chi connectivity index (χ4v) is 1.61. The van der Waals surface area contributed by atoms with Crippen molar-refractivity contribution in [2.75, 3.05) is 20.3 Å². The summed E-state index contributed by atoms with van der Waals surface area (Å²) in [5.74, 6) is -2.43. The van der Waals surface area contributed by atoms with Gasteiger partial charge in [-0.15, -0.1) is 0 Å². The number of ether oxygens (including phenoxy) is 2. The molecule has 2 rings (SSSR count). The second kappa shape index (κ2) is 7.51. The molecular weight excluding hydrogens is 298 g/mol. The maximum absolute atomic E-state index is 13.4. The zero-order valence-corrected chi connectivity index (χ0v) is 11.8. The highest BCUT2D eigenvalue weighted by atomic mass is 19.1. The lowest BCUT2D eigenvalue weighted by Gasteiger charge is -2.05. The summed E-state index contributed by atoms with van der Waals surface area (Å²) < 4.78 is 41.4. The van der Waals surface area contributed by atoms with Gasteiger partial charge in [0.15, 0.2) is 28.8 Å². The number of hydrogen-bond donors (Lipinski definition) is 1. The number of para-hydroxylation sites is 1. The molecule has 0 unspecified atom stereocenters. The molecule has 0 fully saturated rings. The van der Waals surface area contributed by atoms with Crippen LogP contribution in [0.1, 0.15) is 16.2 Å². The van der Waals surface area contributed by atoms with Crippen LogP contribution in [0.5, 0.6) is 5.75 Å². The topological polar surface area (TPSA) is 73.6 Å². The SMILES string of the molecule is COCCNC(=O)c1cc(COc2c(F)cccc2F)on1. The van der Waals surface area contributed by atoms with Gasteiger partial charge in [0.05, 0.1) is 6.61 Å². The number of rotatable bonds is 7. The number of nitrogens with zero attached hydrogens (tertiary/aromatic N) is 1. The van der Waals surface area contributed by atoms with Crippen LogP contribution in [0.25, 0.3) is 0 Å².